The lowest BCUT2D eigenvalue weighted by Gasteiger charge is -2.04. The van der Waals surface area contributed by atoms with Gasteiger partial charge in [0.05, 0.1) is 11.2 Å². The number of hydrogen-bond acceptors (Lipinski definition) is 4. The van der Waals surface area contributed by atoms with E-state index in [1.165, 1.54) is 10.9 Å². The van der Waals surface area contributed by atoms with Gasteiger partial charge in [-0.3, -0.25) is 0 Å². The van der Waals surface area contributed by atoms with E-state index in [1.807, 2.05) is 66.7 Å². The zero-order chi connectivity index (χ0) is 17.5. The van der Waals surface area contributed by atoms with Gasteiger partial charge in [0.15, 0.2) is 5.82 Å². The topological polar surface area (TPSA) is 55.2 Å². The van der Waals surface area contributed by atoms with Crippen LogP contribution in [0, 0.1) is 4.77 Å². The quantitative estimate of drug-likeness (QED) is 0.508. The van der Waals surface area contributed by atoms with Gasteiger partial charge in [-0.1, -0.05) is 60.1 Å². The molecule has 0 spiro atoms. The average molecular weight is 371 g/mol. The molecule has 1 aromatic heterocycles. The van der Waals surface area contributed by atoms with Crippen LogP contribution in [0.1, 0.15) is 11.4 Å². The summed E-state index contributed by atoms with van der Waals surface area (Å²) in [5.41, 5.74) is 0.988. The minimum Gasteiger partial charge on any atom is -0.486 e. The molecule has 1 N–H and O–H groups in total. The van der Waals surface area contributed by atoms with Gasteiger partial charge in [0.2, 0.25) is 4.77 Å². The van der Waals surface area contributed by atoms with Crippen LogP contribution in [0.5, 0.6) is 5.75 Å². The van der Waals surface area contributed by atoms with Crippen molar-refractivity contribution >= 4 is 36.1 Å². The summed E-state index contributed by atoms with van der Waals surface area (Å²) in [6, 6.07) is 19.2. The van der Waals surface area contributed by atoms with Crippen molar-refractivity contribution in [1.82, 2.24) is 14.9 Å². The highest BCUT2D eigenvalue weighted by Crippen LogP contribution is 2.12. The lowest BCUT2D eigenvalue weighted by atomic mass is 10.2. The molecule has 0 saturated heterocycles. The average Bonchev–Trinajstić information content (AvgIpc) is 3.00. The van der Waals surface area contributed by atoms with Crippen LogP contribution in [0.25, 0.3) is 6.08 Å². The van der Waals surface area contributed by atoms with Gasteiger partial charge < -0.3 is 4.74 Å². The molecule has 2 aromatic carbocycles. The van der Waals surface area contributed by atoms with Gasteiger partial charge in [-0.05, 0) is 36.0 Å². The van der Waals surface area contributed by atoms with Gasteiger partial charge in [-0.2, -0.15) is 14.9 Å². The molecule has 7 heteroatoms. The first-order chi connectivity index (χ1) is 12.2. The first-order valence-corrected chi connectivity index (χ1v) is 8.32. The summed E-state index contributed by atoms with van der Waals surface area (Å²) in [5, 5.41) is 11.6. The SMILES string of the molecule is S=c1[nH]nc(COc2ccccc2)n1/N=C/C(Cl)=C/c1ccccc1. The van der Waals surface area contributed by atoms with Crippen LogP contribution >= 0.6 is 23.8 Å². The van der Waals surface area contributed by atoms with Crippen LogP contribution in [0.4, 0.5) is 0 Å². The Labute approximate surface area is 155 Å². The van der Waals surface area contributed by atoms with E-state index in [-0.39, 0.29) is 6.61 Å². The summed E-state index contributed by atoms with van der Waals surface area (Å²) in [4.78, 5) is 0. The molecule has 0 aliphatic rings. The number of ether oxygens (including phenoxy) is 1. The number of benzene rings is 2. The van der Waals surface area contributed by atoms with E-state index in [0.29, 0.717) is 15.6 Å². The molecule has 3 rings (SSSR count). The first kappa shape index (κ1) is 17.1. The Balaban J connectivity index is 1.73. The molecule has 1 heterocycles. The Kier molecular flexibility index (Phi) is 5.77. The number of rotatable bonds is 6. The number of hydrogen-bond donors (Lipinski definition) is 1. The third-order valence-electron chi connectivity index (χ3n) is 3.23. The Morgan fingerprint density at radius 3 is 2.56 bits per heavy atom. The molecule has 0 unspecified atom stereocenters. The number of aromatic amines is 1. The molecule has 0 aliphatic carbocycles. The van der Waals surface area contributed by atoms with Crippen LogP contribution < -0.4 is 4.74 Å². The Hall–Kier alpha value is -2.70. The Bertz CT molecular complexity index is 932. The summed E-state index contributed by atoms with van der Waals surface area (Å²) >= 11 is 11.4. The van der Waals surface area contributed by atoms with Gasteiger partial charge in [-0.15, -0.1) is 0 Å². The zero-order valence-electron chi connectivity index (χ0n) is 13.2. The lowest BCUT2D eigenvalue weighted by Crippen LogP contribution is -2.04. The third-order valence-corrected chi connectivity index (χ3v) is 3.70. The molecule has 0 atom stereocenters. The largest absolute Gasteiger partial charge is 0.486 e. The van der Waals surface area contributed by atoms with Gasteiger partial charge in [-0.25, -0.2) is 5.10 Å². The van der Waals surface area contributed by atoms with E-state index in [2.05, 4.69) is 15.3 Å². The number of allylic oxidation sites excluding steroid dienone is 1. The highest BCUT2D eigenvalue weighted by atomic mass is 35.5. The van der Waals surface area contributed by atoms with Crippen LogP contribution in [0.2, 0.25) is 0 Å². The second-order valence-electron chi connectivity index (χ2n) is 5.04. The number of nitrogens with zero attached hydrogens (tertiary/aromatic N) is 3. The normalized spacial score (nSPS) is 11.8. The fourth-order valence-electron chi connectivity index (χ4n) is 2.06. The number of para-hydroxylation sites is 1. The maximum atomic E-state index is 6.21. The van der Waals surface area contributed by atoms with Gasteiger partial charge >= 0.3 is 0 Å². The molecule has 0 saturated carbocycles. The van der Waals surface area contributed by atoms with E-state index < -0.39 is 0 Å². The third kappa shape index (κ3) is 4.89. The molecular weight excluding hydrogens is 356 g/mol. The summed E-state index contributed by atoms with van der Waals surface area (Å²) in [6.45, 7) is 0.231. The monoisotopic (exact) mass is 370 g/mol. The molecule has 0 bridgehead atoms. The highest BCUT2D eigenvalue weighted by molar-refractivity contribution is 7.71. The lowest BCUT2D eigenvalue weighted by molar-refractivity contribution is 0.290. The minimum atomic E-state index is 0.231. The summed E-state index contributed by atoms with van der Waals surface area (Å²) < 4.78 is 7.53. The van der Waals surface area contributed by atoms with Crippen molar-refractivity contribution < 1.29 is 4.74 Å². The maximum Gasteiger partial charge on any atom is 0.216 e. The number of aromatic nitrogens is 3. The summed E-state index contributed by atoms with van der Waals surface area (Å²) in [6.07, 6.45) is 3.33. The molecule has 0 radical (unpaired) electrons. The maximum absolute atomic E-state index is 6.21. The van der Waals surface area contributed by atoms with Crippen LogP contribution in [-0.4, -0.2) is 21.1 Å². The number of nitrogens with one attached hydrogen (secondary N) is 1. The second kappa shape index (κ2) is 8.41. The van der Waals surface area contributed by atoms with Crippen molar-refractivity contribution in [3.63, 3.8) is 0 Å². The van der Waals surface area contributed by atoms with E-state index in [4.69, 9.17) is 28.6 Å². The van der Waals surface area contributed by atoms with E-state index in [1.54, 1.807) is 0 Å². The fraction of sp³-hybridized carbons (Fsp3) is 0.0556. The molecule has 0 fully saturated rings. The molecule has 126 valence electrons. The number of H-pyrrole nitrogens is 1. The Morgan fingerprint density at radius 1 is 1.16 bits per heavy atom. The van der Waals surface area contributed by atoms with Gasteiger partial charge in [0, 0.05) is 0 Å². The minimum absolute atomic E-state index is 0.231. The predicted octanol–water partition coefficient (Wildman–Crippen LogP) is 4.63. The highest BCUT2D eigenvalue weighted by Gasteiger charge is 2.06. The van der Waals surface area contributed by atoms with Crippen molar-refractivity contribution in [3.05, 3.63) is 81.9 Å². The fourth-order valence-corrected chi connectivity index (χ4v) is 2.43. The Morgan fingerprint density at radius 2 is 1.84 bits per heavy atom. The van der Waals surface area contributed by atoms with Crippen molar-refractivity contribution in [2.45, 2.75) is 6.61 Å². The van der Waals surface area contributed by atoms with Gasteiger partial charge in [0.1, 0.15) is 12.4 Å². The second-order valence-corrected chi connectivity index (χ2v) is 5.87. The van der Waals surface area contributed by atoms with Crippen molar-refractivity contribution in [3.8, 4) is 5.75 Å². The van der Waals surface area contributed by atoms with Gasteiger partial charge in [0.25, 0.3) is 0 Å². The molecule has 0 amide bonds. The molecule has 25 heavy (non-hydrogen) atoms. The van der Waals surface area contributed by atoms with E-state index >= 15 is 0 Å². The van der Waals surface area contributed by atoms with E-state index in [9.17, 15) is 0 Å². The van der Waals surface area contributed by atoms with Crippen molar-refractivity contribution in [1.29, 1.82) is 0 Å². The van der Waals surface area contributed by atoms with Crippen molar-refractivity contribution in [2.75, 3.05) is 0 Å². The van der Waals surface area contributed by atoms with E-state index in [0.717, 1.165) is 11.3 Å². The molecular formula is C18H15ClN4OS. The molecule has 5 nitrogen and oxygen atoms in total. The van der Waals surface area contributed by atoms with Crippen LogP contribution in [0.15, 0.2) is 70.8 Å². The standard InChI is InChI=1S/C18H15ClN4OS/c19-15(11-14-7-3-1-4-8-14)12-20-23-17(21-22-18(23)25)13-24-16-9-5-2-6-10-16/h1-12H,13H2,(H,22,25)/b15-11-,20-12+. The summed E-state index contributed by atoms with van der Waals surface area (Å²) in [7, 11) is 0. The molecule has 0 aliphatic heterocycles. The van der Waals surface area contributed by atoms with Crippen LogP contribution in [-0.2, 0) is 6.61 Å². The predicted molar refractivity (Wildman–Crippen MR) is 102 cm³/mol. The first-order valence-electron chi connectivity index (χ1n) is 7.53. The number of halogens is 1. The van der Waals surface area contributed by atoms with Crippen molar-refractivity contribution in [2.24, 2.45) is 5.10 Å². The van der Waals surface area contributed by atoms with Crippen LogP contribution in [0.3, 0.4) is 0 Å². The zero-order valence-corrected chi connectivity index (χ0v) is 14.7. The smallest absolute Gasteiger partial charge is 0.216 e. The summed E-state index contributed by atoms with van der Waals surface area (Å²) in [5.74, 6) is 1.29. The molecule has 3 aromatic rings.